The van der Waals surface area contributed by atoms with E-state index in [1.165, 1.54) is 4.57 Å². The van der Waals surface area contributed by atoms with Gasteiger partial charge >= 0.3 is 11.7 Å². The van der Waals surface area contributed by atoms with E-state index in [9.17, 15) is 14.7 Å². The number of nitrogens with one attached hydrogen (secondary N) is 1. The van der Waals surface area contributed by atoms with Crippen molar-refractivity contribution in [2.75, 3.05) is 5.32 Å². The van der Waals surface area contributed by atoms with Crippen LogP contribution in [0.25, 0.3) is 21.8 Å². The lowest BCUT2D eigenvalue weighted by molar-refractivity contribution is 0.197. The zero-order chi connectivity index (χ0) is 19.8. The van der Waals surface area contributed by atoms with Crippen LogP contribution in [0, 0.1) is 6.92 Å². The maximum Gasteiger partial charge on any atom is 0.416 e. The Morgan fingerprint density at radius 1 is 1.25 bits per heavy atom. The van der Waals surface area contributed by atoms with Gasteiger partial charge in [0.2, 0.25) is 0 Å². The van der Waals surface area contributed by atoms with E-state index in [0.29, 0.717) is 22.8 Å². The van der Waals surface area contributed by atoms with E-state index in [0.717, 1.165) is 16.5 Å². The molecule has 0 aliphatic heterocycles. The molecule has 28 heavy (non-hydrogen) atoms. The predicted octanol–water partition coefficient (Wildman–Crippen LogP) is 4.02. The minimum absolute atomic E-state index is 0.133. The normalized spacial score (nSPS) is 12.4. The summed E-state index contributed by atoms with van der Waals surface area (Å²) in [5.41, 5.74) is 2.49. The second kappa shape index (κ2) is 6.84. The fraction of sp³-hybridized carbons (Fsp3) is 0.190. The zero-order valence-corrected chi connectivity index (χ0v) is 15.5. The number of carboxylic acid groups (broad SMARTS) is 1. The maximum atomic E-state index is 12.3. The third kappa shape index (κ3) is 3.11. The molecule has 7 heteroatoms. The molecule has 142 valence electrons. The fourth-order valence-electron chi connectivity index (χ4n) is 3.51. The summed E-state index contributed by atoms with van der Waals surface area (Å²) in [7, 11) is 0. The van der Waals surface area contributed by atoms with Crippen molar-refractivity contribution in [3.63, 3.8) is 0 Å². The van der Waals surface area contributed by atoms with Crippen molar-refractivity contribution < 1.29 is 14.3 Å². The van der Waals surface area contributed by atoms with Gasteiger partial charge in [0.25, 0.3) is 6.01 Å². The van der Waals surface area contributed by atoms with Crippen molar-refractivity contribution in [3.05, 3.63) is 70.2 Å². The van der Waals surface area contributed by atoms with Gasteiger partial charge in [-0.05, 0) is 43.5 Å². The lowest BCUT2D eigenvalue weighted by Gasteiger charge is -2.13. The lowest BCUT2D eigenvalue weighted by Crippen LogP contribution is -2.20. The molecule has 2 heterocycles. The van der Waals surface area contributed by atoms with Crippen LogP contribution in [0.5, 0.6) is 0 Å². The van der Waals surface area contributed by atoms with Gasteiger partial charge in [0.1, 0.15) is 0 Å². The molecule has 4 rings (SSSR count). The van der Waals surface area contributed by atoms with Crippen molar-refractivity contribution in [2.45, 2.75) is 26.3 Å². The number of aryl methyl sites for hydroxylation is 1. The van der Waals surface area contributed by atoms with Crippen LogP contribution >= 0.6 is 0 Å². The highest BCUT2D eigenvalue weighted by Gasteiger charge is 2.16. The second-order valence-corrected chi connectivity index (χ2v) is 6.85. The molecule has 0 amide bonds. The molecule has 0 saturated carbocycles. The standard InChI is InChI=1S/C21H19N3O4/c1-12-6-5-8-16-18(12)19(25)28-20(23-16)22-13(2)10-14-11-24(21(26)27)17-9-4-3-7-15(14)17/h3-9,11,13H,10H2,1-2H3,(H,22,23)(H,26,27)/t13-/m1/s1. The third-order valence-corrected chi connectivity index (χ3v) is 4.76. The first-order valence-electron chi connectivity index (χ1n) is 8.93. The molecular formula is C21H19N3O4. The molecule has 0 aliphatic carbocycles. The van der Waals surface area contributed by atoms with Gasteiger partial charge in [-0.15, -0.1) is 0 Å². The SMILES string of the molecule is Cc1cccc2nc(N[C@H](C)Cc3cn(C(=O)O)c4ccccc34)oc(=O)c12. The monoisotopic (exact) mass is 377 g/mol. The molecule has 2 aromatic heterocycles. The average Bonchev–Trinajstić information content (AvgIpc) is 3.00. The molecule has 0 spiro atoms. The van der Waals surface area contributed by atoms with Crippen LogP contribution in [0.1, 0.15) is 18.1 Å². The van der Waals surface area contributed by atoms with E-state index < -0.39 is 11.7 Å². The predicted molar refractivity (Wildman–Crippen MR) is 107 cm³/mol. The van der Waals surface area contributed by atoms with E-state index in [-0.39, 0.29) is 12.1 Å². The second-order valence-electron chi connectivity index (χ2n) is 6.85. The maximum absolute atomic E-state index is 12.3. The van der Waals surface area contributed by atoms with Crippen LogP contribution in [0.2, 0.25) is 0 Å². The summed E-state index contributed by atoms with van der Waals surface area (Å²) in [6.07, 6.45) is 1.14. The first kappa shape index (κ1) is 17.8. The Bertz CT molecular complexity index is 1260. The Hall–Kier alpha value is -3.61. The van der Waals surface area contributed by atoms with E-state index in [4.69, 9.17) is 4.42 Å². The van der Waals surface area contributed by atoms with E-state index in [1.807, 2.05) is 44.2 Å². The Morgan fingerprint density at radius 3 is 2.82 bits per heavy atom. The summed E-state index contributed by atoms with van der Waals surface area (Å²) >= 11 is 0. The summed E-state index contributed by atoms with van der Waals surface area (Å²) in [4.78, 5) is 28.2. The van der Waals surface area contributed by atoms with Gasteiger partial charge < -0.3 is 14.8 Å². The molecular weight excluding hydrogens is 358 g/mol. The Kier molecular flexibility index (Phi) is 4.35. The molecule has 0 unspecified atom stereocenters. The quantitative estimate of drug-likeness (QED) is 0.557. The van der Waals surface area contributed by atoms with Crippen molar-refractivity contribution >= 4 is 33.9 Å². The zero-order valence-electron chi connectivity index (χ0n) is 15.5. The molecule has 4 aromatic rings. The number of rotatable bonds is 4. The Morgan fingerprint density at radius 2 is 2.04 bits per heavy atom. The van der Waals surface area contributed by atoms with Crippen molar-refractivity contribution in [3.8, 4) is 0 Å². The molecule has 0 aliphatic rings. The van der Waals surface area contributed by atoms with Crippen molar-refractivity contribution in [1.29, 1.82) is 0 Å². The van der Waals surface area contributed by atoms with Crippen LogP contribution in [-0.4, -0.2) is 26.8 Å². The van der Waals surface area contributed by atoms with Crippen LogP contribution < -0.4 is 10.9 Å². The topological polar surface area (TPSA) is 97.4 Å². The smallest absolute Gasteiger partial charge is 0.416 e. The number of fused-ring (bicyclic) bond motifs is 2. The van der Waals surface area contributed by atoms with Crippen LogP contribution in [0.4, 0.5) is 10.8 Å². The molecule has 2 aromatic carbocycles. The molecule has 2 N–H and O–H groups in total. The number of anilines is 1. The van der Waals surface area contributed by atoms with Gasteiger partial charge in [-0.1, -0.05) is 30.3 Å². The Balaban J connectivity index is 1.63. The van der Waals surface area contributed by atoms with E-state index >= 15 is 0 Å². The van der Waals surface area contributed by atoms with Crippen LogP contribution in [0.15, 0.2) is 57.9 Å². The van der Waals surface area contributed by atoms with Gasteiger partial charge in [-0.3, -0.25) is 4.57 Å². The first-order valence-corrected chi connectivity index (χ1v) is 8.93. The van der Waals surface area contributed by atoms with E-state index in [2.05, 4.69) is 10.3 Å². The van der Waals surface area contributed by atoms with Crippen LogP contribution in [-0.2, 0) is 6.42 Å². The minimum Gasteiger partial charge on any atom is -0.464 e. The number of hydrogen-bond donors (Lipinski definition) is 2. The van der Waals surface area contributed by atoms with Crippen molar-refractivity contribution in [1.82, 2.24) is 9.55 Å². The molecule has 0 fully saturated rings. The highest BCUT2D eigenvalue weighted by molar-refractivity contribution is 5.91. The Labute approximate surface area is 160 Å². The third-order valence-electron chi connectivity index (χ3n) is 4.76. The van der Waals surface area contributed by atoms with E-state index in [1.54, 1.807) is 18.3 Å². The largest absolute Gasteiger partial charge is 0.464 e. The van der Waals surface area contributed by atoms with Gasteiger partial charge in [0.15, 0.2) is 0 Å². The number of carbonyl (C=O) groups is 1. The van der Waals surface area contributed by atoms with Gasteiger partial charge in [0, 0.05) is 17.6 Å². The number of benzene rings is 2. The summed E-state index contributed by atoms with van der Waals surface area (Å²) < 4.78 is 6.55. The van der Waals surface area contributed by atoms with Crippen LogP contribution in [0.3, 0.4) is 0 Å². The summed E-state index contributed by atoms with van der Waals surface area (Å²) in [5.74, 6) is 0. The molecule has 0 bridgehead atoms. The molecule has 7 nitrogen and oxygen atoms in total. The first-order chi connectivity index (χ1) is 13.4. The summed E-state index contributed by atoms with van der Waals surface area (Å²) in [6, 6.07) is 12.8. The minimum atomic E-state index is -1.03. The fourth-order valence-corrected chi connectivity index (χ4v) is 3.51. The van der Waals surface area contributed by atoms with Crippen molar-refractivity contribution in [2.24, 2.45) is 0 Å². The number of nitrogens with zero attached hydrogens (tertiary/aromatic N) is 2. The highest BCUT2D eigenvalue weighted by atomic mass is 16.4. The molecule has 0 saturated heterocycles. The number of aromatic nitrogens is 2. The summed E-state index contributed by atoms with van der Waals surface area (Å²) in [5, 5.41) is 13.9. The molecule has 1 atom stereocenters. The number of hydrogen-bond acceptors (Lipinski definition) is 5. The highest BCUT2D eigenvalue weighted by Crippen LogP contribution is 2.23. The van der Waals surface area contributed by atoms with Gasteiger partial charge in [-0.25, -0.2) is 9.59 Å². The van der Waals surface area contributed by atoms with Gasteiger partial charge in [0.05, 0.1) is 16.4 Å². The molecule has 0 radical (unpaired) electrons. The average molecular weight is 377 g/mol. The van der Waals surface area contributed by atoms with Gasteiger partial charge in [-0.2, -0.15) is 4.98 Å². The summed E-state index contributed by atoms with van der Waals surface area (Å²) in [6.45, 7) is 3.77. The lowest BCUT2D eigenvalue weighted by atomic mass is 10.1. The number of para-hydroxylation sites is 1.